The fourth-order valence-corrected chi connectivity index (χ4v) is 3.61. The van der Waals surface area contributed by atoms with Gasteiger partial charge in [0, 0.05) is 30.8 Å². The van der Waals surface area contributed by atoms with Gasteiger partial charge >= 0.3 is 0 Å². The number of nitrogens with zero attached hydrogens (tertiary/aromatic N) is 2. The number of benzene rings is 1. The molecule has 2 saturated heterocycles. The first kappa shape index (κ1) is 14.5. The molecular formula is C14H17ClFN3O2. The Hall–Kier alpha value is -1.40. The van der Waals surface area contributed by atoms with Crippen molar-refractivity contribution in [2.45, 2.75) is 37.8 Å². The molecule has 0 aliphatic carbocycles. The topological polar surface area (TPSA) is 58.4 Å². The Balaban J connectivity index is 1.98. The largest absolute Gasteiger partial charge is 0.361 e. The third-order valence-electron chi connectivity index (χ3n) is 4.39. The summed E-state index contributed by atoms with van der Waals surface area (Å²) in [5.74, 6) is -0.609. The zero-order valence-electron chi connectivity index (χ0n) is 11.5. The van der Waals surface area contributed by atoms with E-state index < -0.39 is 10.7 Å². The minimum Gasteiger partial charge on any atom is -0.361 e. The Kier molecular flexibility index (Phi) is 3.99. The van der Waals surface area contributed by atoms with Crippen molar-refractivity contribution in [3.63, 3.8) is 0 Å². The van der Waals surface area contributed by atoms with E-state index >= 15 is 0 Å². The molecule has 0 radical (unpaired) electrons. The van der Waals surface area contributed by atoms with Crippen LogP contribution in [0.1, 0.15) is 25.7 Å². The summed E-state index contributed by atoms with van der Waals surface area (Å²) in [5.41, 5.74) is 0.226. The average Bonchev–Trinajstić information content (AvgIpc) is 3.09. The van der Waals surface area contributed by atoms with Gasteiger partial charge in [0.1, 0.15) is 11.5 Å². The van der Waals surface area contributed by atoms with E-state index in [1.807, 2.05) is 4.90 Å². The van der Waals surface area contributed by atoms with Crippen LogP contribution in [0.4, 0.5) is 15.8 Å². The van der Waals surface area contributed by atoms with Gasteiger partial charge in [0.25, 0.3) is 5.69 Å². The van der Waals surface area contributed by atoms with Gasteiger partial charge in [-0.05, 0) is 32.2 Å². The van der Waals surface area contributed by atoms with Gasteiger partial charge in [-0.25, -0.2) is 4.39 Å². The van der Waals surface area contributed by atoms with Crippen LogP contribution < -0.4 is 10.2 Å². The summed E-state index contributed by atoms with van der Waals surface area (Å²) in [7, 11) is 0. The summed E-state index contributed by atoms with van der Waals surface area (Å²) >= 11 is 5.69. The Labute approximate surface area is 127 Å². The number of nitro benzene ring substituents is 1. The maximum Gasteiger partial charge on any atom is 0.294 e. The van der Waals surface area contributed by atoms with Crippen LogP contribution in [0.15, 0.2) is 12.1 Å². The molecule has 0 aromatic heterocycles. The highest BCUT2D eigenvalue weighted by Crippen LogP contribution is 2.38. The third kappa shape index (κ3) is 2.70. The van der Waals surface area contributed by atoms with Crippen molar-refractivity contribution in [2.75, 3.05) is 18.0 Å². The molecule has 1 aromatic rings. The zero-order chi connectivity index (χ0) is 15.0. The van der Waals surface area contributed by atoms with E-state index in [0.717, 1.165) is 38.3 Å². The molecule has 1 aromatic carbocycles. The Morgan fingerprint density at radius 3 is 2.86 bits per heavy atom. The van der Waals surface area contributed by atoms with E-state index in [-0.39, 0.29) is 16.8 Å². The molecule has 2 aliphatic rings. The molecule has 0 bridgehead atoms. The third-order valence-corrected chi connectivity index (χ3v) is 4.68. The van der Waals surface area contributed by atoms with Gasteiger partial charge < -0.3 is 10.2 Å². The number of hydrogen-bond donors (Lipinski definition) is 1. The fraction of sp³-hybridized carbons (Fsp3) is 0.571. The molecule has 7 heteroatoms. The monoisotopic (exact) mass is 313 g/mol. The normalized spacial score (nSPS) is 25.5. The highest BCUT2D eigenvalue weighted by molar-refractivity contribution is 6.31. The molecule has 0 amide bonds. The Morgan fingerprint density at radius 2 is 2.19 bits per heavy atom. The molecule has 0 saturated carbocycles. The summed E-state index contributed by atoms with van der Waals surface area (Å²) in [4.78, 5) is 12.7. The van der Waals surface area contributed by atoms with Gasteiger partial charge in [0.2, 0.25) is 0 Å². The Morgan fingerprint density at radius 1 is 1.38 bits per heavy atom. The summed E-state index contributed by atoms with van der Waals surface area (Å²) in [6.07, 6.45) is 4.11. The van der Waals surface area contributed by atoms with Crippen LogP contribution in [0.5, 0.6) is 0 Å². The molecule has 114 valence electrons. The lowest BCUT2D eigenvalue weighted by molar-refractivity contribution is -0.384. The minimum atomic E-state index is -0.609. The highest BCUT2D eigenvalue weighted by Gasteiger charge is 2.36. The van der Waals surface area contributed by atoms with E-state index in [9.17, 15) is 14.5 Å². The first-order chi connectivity index (χ1) is 10.1. The lowest BCUT2D eigenvalue weighted by Gasteiger charge is -2.31. The van der Waals surface area contributed by atoms with Crippen molar-refractivity contribution < 1.29 is 9.31 Å². The maximum atomic E-state index is 13.8. The van der Waals surface area contributed by atoms with Crippen LogP contribution in [-0.2, 0) is 0 Å². The first-order valence-corrected chi connectivity index (χ1v) is 7.59. The minimum absolute atomic E-state index is 0.119. The van der Waals surface area contributed by atoms with Crippen LogP contribution >= 0.6 is 11.6 Å². The number of nitro groups is 1. The quantitative estimate of drug-likeness (QED) is 0.688. The molecule has 21 heavy (non-hydrogen) atoms. The molecule has 0 spiro atoms. The molecule has 5 nitrogen and oxygen atoms in total. The molecule has 2 atom stereocenters. The second-order valence-corrected chi connectivity index (χ2v) is 6.03. The van der Waals surface area contributed by atoms with Crippen molar-refractivity contribution in [1.82, 2.24) is 5.32 Å². The number of halogens is 2. The second kappa shape index (κ2) is 5.77. The van der Waals surface area contributed by atoms with E-state index in [2.05, 4.69) is 5.32 Å². The van der Waals surface area contributed by atoms with Crippen LogP contribution in [0.3, 0.4) is 0 Å². The van der Waals surface area contributed by atoms with E-state index in [0.29, 0.717) is 18.3 Å². The van der Waals surface area contributed by atoms with Crippen molar-refractivity contribution in [3.8, 4) is 0 Å². The van der Waals surface area contributed by atoms with Crippen LogP contribution in [0.25, 0.3) is 0 Å². The molecule has 2 fully saturated rings. The van der Waals surface area contributed by atoms with Gasteiger partial charge in [-0.3, -0.25) is 10.1 Å². The fourth-order valence-electron chi connectivity index (χ4n) is 3.45. The average molecular weight is 314 g/mol. The zero-order valence-corrected chi connectivity index (χ0v) is 12.3. The second-order valence-electron chi connectivity index (χ2n) is 5.62. The smallest absolute Gasteiger partial charge is 0.294 e. The lowest BCUT2D eigenvalue weighted by atomic mass is 10.0. The van der Waals surface area contributed by atoms with E-state index in [1.165, 1.54) is 6.07 Å². The molecule has 2 unspecified atom stereocenters. The maximum absolute atomic E-state index is 13.8. The van der Waals surface area contributed by atoms with Crippen LogP contribution in [0, 0.1) is 15.9 Å². The van der Waals surface area contributed by atoms with E-state index in [4.69, 9.17) is 11.6 Å². The van der Waals surface area contributed by atoms with Gasteiger partial charge in [0.05, 0.1) is 9.95 Å². The lowest BCUT2D eigenvalue weighted by Crippen LogP contribution is -2.44. The van der Waals surface area contributed by atoms with Gasteiger partial charge in [0.15, 0.2) is 0 Å². The van der Waals surface area contributed by atoms with Crippen molar-refractivity contribution in [2.24, 2.45) is 0 Å². The number of rotatable bonds is 3. The summed E-state index contributed by atoms with van der Waals surface area (Å²) < 4.78 is 13.8. The number of nitrogens with one attached hydrogen (secondary N) is 1. The van der Waals surface area contributed by atoms with Crippen molar-refractivity contribution in [3.05, 3.63) is 33.1 Å². The summed E-state index contributed by atoms with van der Waals surface area (Å²) in [6.45, 7) is 1.69. The van der Waals surface area contributed by atoms with Crippen molar-refractivity contribution in [1.29, 1.82) is 0 Å². The Bertz CT molecular complexity index is 563. The summed E-state index contributed by atoms with van der Waals surface area (Å²) in [5, 5.41) is 14.5. The molecular weight excluding hydrogens is 297 g/mol. The number of anilines is 1. The van der Waals surface area contributed by atoms with Crippen LogP contribution in [-0.4, -0.2) is 30.1 Å². The predicted octanol–water partition coefficient (Wildman–Crippen LogP) is 3.11. The molecule has 2 aliphatic heterocycles. The van der Waals surface area contributed by atoms with Gasteiger partial charge in [-0.2, -0.15) is 0 Å². The highest BCUT2D eigenvalue weighted by atomic mass is 35.5. The van der Waals surface area contributed by atoms with Gasteiger partial charge in [-0.1, -0.05) is 11.6 Å². The molecule has 2 heterocycles. The predicted molar refractivity (Wildman–Crippen MR) is 79.5 cm³/mol. The first-order valence-electron chi connectivity index (χ1n) is 7.21. The standard InChI is InChI=1S/C14H17ClFN3O2/c15-9-7-14(19(20)21)13(8-10(9)16)18-6-2-4-12(18)11-3-1-5-17-11/h7-8,11-12,17H,1-6H2. The van der Waals surface area contributed by atoms with Crippen molar-refractivity contribution >= 4 is 23.0 Å². The van der Waals surface area contributed by atoms with Crippen LogP contribution in [0.2, 0.25) is 5.02 Å². The van der Waals surface area contributed by atoms with Gasteiger partial charge in [-0.15, -0.1) is 0 Å². The molecule has 1 N–H and O–H groups in total. The SMILES string of the molecule is O=[N+]([O-])c1cc(Cl)c(F)cc1N1CCCC1C1CCCN1. The summed E-state index contributed by atoms with van der Waals surface area (Å²) in [6, 6.07) is 2.83. The van der Waals surface area contributed by atoms with E-state index in [1.54, 1.807) is 0 Å². The number of hydrogen-bond acceptors (Lipinski definition) is 4. The molecule has 3 rings (SSSR count).